The number of halogens is 2. The molecule has 0 unspecified atom stereocenters. The number of carbonyl (C=O) groups excluding carboxylic acids is 1. The van der Waals surface area contributed by atoms with Gasteiger partial charge >= 0.3 is 0 Å². The van der Waals surface area contributed by atoms with E-state index in [0.29, 0.717) is 16.4 Å². The third-order valence-corrected chi connectivity index (χ3v) is 3.40. The molecular formula is C14H12Cl2N2O2. The Bertz CT molecular complexity index is 674. The zero-order chi connectivity index (χ0) is 14.9. The van der Waals surface area contributed by atoms with Crippen LogP contribution in [0.5, 0.6) is 5.75 Å². The summed E-state index contributed by atoms with van der Waals surface area (Å²) in [5, 5.41) is 10.2. The van der Waals surface area contributed by atoms with Gasteiger partial charge in [-0.3, -0.25) is 4.79 Å². The summed E-state index contributed by atoms with van der Waals surface area (Å²) in [4.78, 5) is 13.7. The molecule has 0 atom stereocenters. The minimum Gasteiger partial charge on any atom is -0.508 e. The fourth-order valence-electron chi connectivity index (χ4n) is 1.77. The number of benzene rings is 2. The summed E-state index contributed by atoms with van der Waals surface area (Å²) >= 11 is 11.9. The molecule has 0 radical (unpaired) electrons. The van der Waals surface area contributed by atoms with E-state index in [9.17, 15) is 9.90 Å². The maximum Gasteiger partial charge on any atom is 0.259 e. The standard InChI is InChI=1S/C14H12Cl2N2O2/c1-18(13-6-8(15)2-5-12(13)17)14(20)10-7-9(19)3-4-11(10)16/h2-7,19H,17H2,1H3. The lowest BCUT2D eigenvalue weighted by atomic mass is 10.1. The van der Waals surface area contributed by atoms with Gasteiger partial charge < -0.3 is 15.7 Å². The molecule has 0 bridgehead atoms. The van der Waals surface area contributed by atoms with E-state index in [1.807, 2.05) is 0 Å². The van der Waals surface area contributed by atoms with E-state index < -0.39 is 0 Å². The molecule has 0 aliphatic carbocycles. The highest BCUT2D eigenvalue weighted by atomic mass is 35.5. The molecule has 0 aliphatic rings. The highest BCUT2D eigenvalue weighted by Crippen LogP contribution is 2.29. The van der Waals surface area contributed by atoms with Crippen LogP contribution in [-0.2, 0) is 0 Å². The van der Waals surface area contributed by atoms with Gasteiger partial charge in [-0.15, -0.1) is 0 Å². The quantitative estimate of drug-likeness (QED) is 0.833. The molecule has 0 saturated heterocycles. The Morgan fingerprint density at radius 2 is 1.90 bits per heavy atom. The van der Waals surface area contributed by atoms with E-state index in [1.54, 1.807) is 25.2 Å². The Hall–Kier alpha value is -1.91. The maximum absolute atomic E-state index is 12.4. The number of phenolic OH excluding ortho intramolecular Hbond substituents is 1. The van der Waals surface area contributed by atoms with Gasteiger partial charge in [-0.2, -0.15) is 0 Å². The second-order valence-corrected chi connectivity index (χ2v) is 5.08. The second-order valence-electron chi connectivity index (χ2n) is 4.23. The van der Waals surface area contributed by atoms with Gasteiger partial charge in [-0.05, 0) is 36.4 Å². The number of nitrogen functional groups attached to an aromatic ring is 1. The summed E-state index contributed by atoms with van der Waals surface area (Å²) < 4.78 is 0. The molecule has 3 N–H and O–H groups in total. The van der Waals surface area contributed by atoms with E-state index in [1.165, 1.54) is 23.1 Å². The average Bonchev–Trinajstić information content (AvgIpc) is 2.42. The van der Waals surface area contributed by atoms with Crippen LogP contribution in [0.2, 0.25) is 10.0 Å². The lowest BCUT2D eigenvalue weighted by molar-refractivity contribution is 0.0993. The minimum absolute atomic E-state index is 0.0368. The largest absolute Gasteiger partial charge is 0.508 e. The van der Waals surface area contributed by atoms with Gasteiger partial charge in [0.05, 0.1) is 22.0 Å². The Morgan fingerprint density at radius 3 is 2.60 bits per heavy atom. The highest BCUT2D eigenvalue weighted by Gasteiger charge is 2.19. The first kappa shape index (κ1) is 14.5. The normalized spacial score (nSPS) is 10.3. The molecule has 1 amide bonds. The van der Waals surface area contributed by atoms with E-state index in [0.717, 1.165) is 0 Å². The maximum atomic E-state index is 12.4. The van der Waals surface area contributed by atoms with Crippen LogP contribution in [0.25, 0.3) is 0 Å². The summed E-state index contributed by atoms with van der Waals surface area (Å²) in [6, 6.07) is 9.02. The van der Waals surface area contributed by atoms with Gasteiger partial charge in [0.15, 0.2) is 0 Å². The third kappa shape index (κ3) is 2.81. The van der Waals surface area contributed by atoms with E-state index in [2.05, 4.69) is 0 Å². The van der Waals surface area contributed by atoms with E-state index in [4.69, 9.17) is 28.9 Å². The SMILES string of the molecule is CN(C(=O)c1cc(O)ccc1Cl)c1cc(Cl)ccc1N. The number of rotatable bonds is 2. The monoisotopic (exact) mass is 310 g/mol. The predicted octanol–water partition coefficient (Wildman–Crippen LogP) is 3.56. The van der Waals surface area contributed by atoms with Crippen molar-refractivity contribution in [2.24, 2.45) is 0 Å². The first-order valence-electron chi connectivity index (χ1n) is 5.71. The first-order chi connectivity index (χ1) is 9.40. The van der Waals surface area contributed by atoms with Crippen LogP contribution in [-0.4, -0.2) is 18.1 Å². The number of amides is 1. The summed E-state index contributed by atoms with van der Waals surface area (Å²) in [5.74, 6) is -0.426. The average molecular weight is 311 g/mol. The van der Waals surface area contributed by atoms with Crippen LogP contribution >= 0.6 is 23.2 Å². The molecule has 104 valence electrons. The van der Waals surface area contributed by atoms with Crippen molar-refractivity contribution in [1.29, 1.82) is 0 Å². The summed E-state index contributed by atoms with van der Waals surface area (Å²) in [5.41, 5.74) is 6.92. The van der Waals surface area contributed by atoms with Crippen molar-refractivity contribution in [2.75, 3.05) is 17.7 Å². The van der Waals surface area contributed by atoms with Crippen molar-refractivity contribution in [3.8, 4) is 5.75 Å². The number of hydrogen-bond donors (Lipinski definition) is 2. The lowest BCUT2D eigenvalue weighted by Gasteiger charge is -2.20. The highest BCUT2D eigenvalue weighted by molar-refractivity contribution is 6.35. The first-order valence-corrected chi connectivity index (χ1v) is 6.47. The number of carbonyl (C=O) groups is 1. The molecule has 0 spiro atoms. The van der Waals surface area contributed by atoms with E-state index in [-0.39, 0.29) is 22.2 Å². The van der Waals surface area contributed by atoms with Crippen molar-refractivity contribution in [2.45, 2.75) is 0 Å². The Kier molecular flexibility index (Phi) is 4.06. The van der Waals surface area contributed by atoms with E-state index >= 15 is 0 Å². The molecule has 2 aromatic rings. The van der Waals surface area contributed by atoms with Crippen LogP contribution in [0.4, 0.5) is 11.4 Å². The number of aromatic hydroxyl groups is 1. The van der Waals surface area contributed by atoms with Crippen LogP contribution in [0.1, 0.15) is 10.4 Å². The number of hydrogen-bond acceptors (Lipinski definition) is 3. The molecule has 0 heterocycles. The van der Waals surface area contributed by atoms with Gasteiger partial charge in [0.25, 0.3) is 5.91 Å². The fourth-order valence-corrected chi connectivity index (χ4v) is 2.14. The fraction of sp³-hybridized carbons (Fsp3) is 0.0714. The van der Waals surface area contributed by atoms with Gasteiger partial charge in [0, 0.05) is 12.1 Å². The molecule has 6 heteroatoms. The Labute approximate surface area is 126 Å². The second kappa shape index (κ2) is 5.61. The van der Waals surface area contributed by atoms with Crippen molar-refractivity contribution < 1.29 is 9.90 Å². The molecule has 0 aliphatic heterocycles. The van der Waals surface area contributed by atoms with Crippen molar-refractivity contribution >= 4 is 40.5 Å². The third-order valence-electron chi connectivity index (χ3n) is 2.84. The van der Waals surface area contributed by atoms with Crippen molar-refractivity contribution in [3.63, 3.8) is 0 Å². The smallest absolute Gasteiger partial charge is 0.259 e. The molecule has 4 nitrogen and oxygen atoms in total. The molecule has 0 fully saturated rings. The number of phenols is 1. The zero-order valence-electron chi connectivity index (χ0n) is 10.6. The number of anilines is 2. The topological polar surface area (TPSA) is 66.6 Å². The molecule has 2 aromatic carbocycles. The van der Waals surface area contributed by atoms with Gasteiger partial charge in [0.1, 0.15) is 5.75 Å². The van der Waals surface area contributed by atoms with Gasteiger partial charge in [-0.25, -0.2) is 0 Å². The molecule has 2 rings (SSSR count). The van der Waals surface area contributed by atoms with Crippen LogP contribution in [0.3, 0.4) is 0 Å². The molecular weight excluding hydrogens is 299 g/mol. The van der Waals surface area contributed by atoms with Crippen molar-refractivity contribution in [3.05, 3.63) is 52.0 Å². The summed E-state index contributed by atoms with van der Waals surface area (Å²) in [6.07, 6.45) is 0. The van der Waals surface area contributed by atoms with Crippen LogP contribution < -0.4 is 10.6 Å². The minimum atomic E-state index is -0.389. The number of nitrogens with zero attached hydrogens (tertiary/aromatic N) is 1. The summed E-state index contributed by atoms with van der Waals surface area (Å²) in [6.45, 7) is 0. The molecule has 0 aromatic heterocycles. The molecule has 20 heavy (non-hydrogen) atoms. The van der Waals surface area contributed by atoms with Gasteiger partial charge in [-0.1, -0.05) is 23.2 Å². The zero-order valence-corrected chi connectivity index (χ0v) is 12.1. The lowest BCUT2D eigenvalue weighted by Crippen LogP contribution is -2.27. The summed E-state index contributed by atoms with van der Waals surface area (Å²) in [7, 11) is 1.56. The Morgan fingerprint density at radius 1 is 1.20 bits per heavy atom. The van der Waals surface area contributed by atoms with Crippen LogP contribution in [0, 0.1) is 0 Å². The predicted molar refractivity (Wildman–Crippen MR) is 81.7 cm³/mol. The van der Waals surface area contributed by atoms with Crippen molar-refractivity contribution in [1.82, 2.24) is 0 Å². The number of nitrogens with two attached hydrogens (primary N) is 1. The Balaban J connectivity index is 2.42. The van der Waals surface area contributed by atoms with Crippen LogP contribution in [0.15, 0.2) is 36.4 Å². The van der Waals surface area contributed by atoms with Gasteiger partial charge in [0.2, 0.25) is 0 Å². The molecule has 0 saturated carbocycles.